The molecule has 0 bridgehead atoms. The van der Waals surface area contributed by atoms with E-state index in [1.807, 2.05) is 0 Å². The first-order valence-corrected chi connectivity index (χ1v) is 9.07. The van der Waals surface area contributed by atoms with Gasteiger partial charge in [-0.05, 0) is 12.8 Å². The minimum atomic E-state index is -2.03. The molecule has 0 aromatic rings. The highest BCUT2D eigenvalue weighted by Crippen LogP contribution is 2.14. The Hall–Kier alpha value is -0.650. The van der Waals surface area contributed by atoms with Crippen LogP contribution in [0.4, 0.5) is 4.39 Å². The average molecular weight is 383 g/mol. The molecule has 0 unspecified atom stereocenters. The van der Waals surface area contributed by atoms with E-state index in [-0.39, 0.29) is 13.2 Å². The van der Waals surface area contributed by atoms with Crippen molar-refractivity contribution in [3.63, 3.8) is 0 Å². The van der Waals surface area contributed by atoms with Gasteiger partial charge in [0.05, 0.1) is 13.2 Å². The molecule has 4 nitrogen and oxygen atoms in total. The zero-order valence-corrected chi connectivity index (χ0v) is 15.2. The molecule has 0 aliphatic rings. The predicted molar refractivity (Wildman–Crippen MR) is 87.8 cm³/mol. The number of esters is 2. The van der Waals surface area contributed by atoms with Gasteiger partial charge in [-0.25, -0.2) is 9.18 Å². The largest absolute Gasteiger partial charge is 0.465 e. The van der Waals surface area contributed by atoms with E-state index >= 15 is 0 Å². The summed E-state index contributed by atoms with van der Waals surface area (Å²) in [6.45, 7) is 4.60. The van der Waals surface area contributed by atoms with Gasteiger partial charge in [0.25, 0.3) is 0 Å². The molecule has 0 fully saturated rings. The number of hydrogen-bond acceptors (Lipinski definition) is 4. The summed E-state index contributed by atoms with van der Waals surface area (Å²) in [5, 5.41) is 0. The first-order chi connectivity index (χ1) is 10.5. The van der Waals surface area contributed by atoms with Gasteiger partial charge >= 0.3 is 11.9 Å². The molecule has 0 saturated carbocycles. The fourth-order valence-corrected chi connectivity index (χ4v) is 2.15. The van der Waals surface area contributed by atoms with Gasteiger partial charge < -0.3 is 9.47 Å². The molecule has 0 radical (unpaired) electrons. The summed E-state index contributed by atoms with van der Waals surface area (Å²) < 4.78 is 23.6. The maximum atomic E-state index is 13.8. The third-order valence-electron chi connectivity index (χ3n) is 3.19. The summed E-state index contributed by atoms with van der Waals surface area (Å²) in [6, 6.07) is 0. The molecule has 0 aromatic heterocycles. The number of alkyl halides is 2. The van der Waals surface area contributed by atoms with Gasteiger partial charge in [-0.1, -0.05) is 68.3 Å². The minimum Gasteiger partial charge on any atom is -0.465 e. The van der Waals surface area contributed by atoms with Crippen LogP contribution < -0.4 is 0 Å². The van der Waals surface area contributed by atoms with Crippen molar-refractivity contribution in [3.05, 3.63) is 0 Å². The first-order valence-electron chi connectivity index (χ1n) is 8.16. The van der Waals surface area contributed by atoms with Crippen molar-refractivity contribution in [2.24, 2.45) is 0 Å². The number of carbonyl (C=O) groups is 2. The standard InChI is InChI=1S/C16H28BrFO4/c1-3-5-7-9-11-21-15(19)13(17)14(18)16(20)22-12-10-8-6-4-2/h13-14H,3-12H2,1-2H3/t13-,14-/m0/s1. The monoisotopic (exact) mass is 382 g/mol. The smallest absolute Gasteiger partial charge is 0.342 e. The van der Waals surface area contributed by atoms with Gasteiger partial charge in [0, 0.05) is 0 Å². The van der Waals surface area contributed by atoms with Crippen LogP contribution in [-0.2, 0) is 19.1 Å². The first kappa shape index (κ1) is 21.4. The summed E-state index contributed by atoms with van der Waals surface area (Å²) in [7, 11) is 0. The molecule has 22 heavy (non-hydrogen) atoms. The lowest BCUT2D eigenvalue weighted by molar-refractivity contribution is -0.155. The Bertz CT molecular complexity index is 283. The van der Waals surface area contributed by atoms with Crippen LogP contribution in [0.3, 0.4) is 0 Å². The van der Waals surface area contributed by atoms with E-state index in [0.29, 0.717) is 6.42 Å². The lowest BCUT2D eigenvalue weighted by atomic mass is 10.2. The Morgan fingerprint density at radius 2 is 1.32 bits per heavy atom. The van der Waals surface area contributed by atoms with Crippen LogP contribution in [-0.4, -0.2) is 36.2 Å². The Kier molecular flexibility index (Phi) is 13.6. The van der Waals surface area contributed by atoms with Gasteiger partial charge in [0.15, 0.2) is 4.83 Å². The Morgan fingerprint density at radius 3 is 1.77 bits per heavy atom. The lowest BCUT2D eigenvalue weighted by Crippen LogP contribution is -2.35. The highest BCUT2D eigenvalue weighted by atomic mass is 79.9. The second kappa shape index (κ2) is 14.0. The summed E-state index contributed by atoms with van der Waals surface area (Å²) >= 11 is 2.88. The van der Waals surface area contributed by atoms with Crippen molar-refractivity contribution < 1.29 is 23.5 Å². The molecule has 130 valence electrons. The molecule has 0 N–H and O–H groups in total. The van der Waals surface area contributed by atoms with Crippen molar-refractivity contribution in [1.82, 2.24) is 0 Å². The molecule has 0 aromatic carbocycles. The van der Waals surface area contributed by atoms with E-state index in [1.165, 1.54) is 0 Å². The van der Waals surface area contributed by atoms with E-state index in [0.717, 1.165) is 44.9 Å². The van der Waals surface area contributed by atoms with E-state index < -0.39 is 22.9 Å². The second-order valence-corrected chi connectivity index (χ2v) is 6.25. The zero-order valence-electron chi connectivity index (χ0n) is 13.6. The molecule has 6 heteroatoms. The number of carbonyl (C=O) groups excluding carboxylic acids is 2. The van der Waals surface area contributed by atoms with Gasteiger partial charge in [0.2, 0.25) is 6.17 Å². The average Bonchev–Trinajstić information content (AvgIpc) is 2.52. The molecule has 0 saturated heterocycles. The maximum Gasteiger partial charge on any atom is 0.342 e. The highest BCUT2D eigenvalue weighted by Gasteiger charge is 2.34. The quantitative estimate of drug-likeness (QED) is 0.270. The number of unbranched alkanes of at least 4 members (excludes halogenated alkanes) is 6. The summed E-state index contributed by atoms with van der Waals surface area (Å²) in [6.07, 6.45) is 5.63. The van der Waals surface area contributed by atoms with Crippen molar-refractivity contribution in [2.45, 2.75) is 76.2 Å². The predicted octanol–water partition coefficient (Wildman–Crippen LogP) is 4.34. The van der Waals surface area contributed by atoms with E-state index in [4.69, 9.17) is 9.47 Å². The third kappa shape index (κ3) is 10.1. The van der Waals surface area contributed by atoms with Crippen LogP contribution in [0.15, 0.2) is 0 Å². The van der Waals surface area contributed by atoms with E-state index in [9.17, 15) is 14.0 Å². The van der Waals surface area contributed by atoms with Gasteiger partial charge in [0.1, 0.15) is 0 Å². The van der Waals surface area contributed by atoms with Crippen LogP contribution in [0, 0.1) is 0 Å². The fourth-order valence-electron chi connectivity index (χ4n) is 1.80. The molecule has 0 aliphatic heterocycles. The van der Waals surface area contributed by atoms with Gasteiger partial charge in [-0.15, -0.1) is 0 Å². The second-order valence-electron chi connectivity index (χ2n) is 5.26. The van der Waals surface area contributed by atoms with E-state index in [2.05, 4.69) is 29.8 Å². The Morgan fingerprint density at radius 1 is 0.864 bits per heavy atom. The van der Waals surface area contributed by atoms with Crippen LogP contribution in [0.2, 0.25) is 0 Å². The van der Waals surface area contributed by atoms with E-state index in [1.54, 1.807) is 0 Å². The van der Waals surface area contributed by atoms with Crippen LogP contribution in [0.25, 0.3) is 0 Å². The molecule has 0 aliphatic carbocycles. The molecule has 0 rings (SSSR count). The maximum absolute atomic E-state index is 13.8. The van der Waals surface area contributed by atoms with Crippen LogP contribution >= 0.6 is 15.9 Å². The molecule has 2 atom stereocenters. The summed E-state index contributed by atoms with van der Waals surface area (Å²) in [5.74, 6) is -1.77. The topological polar surface area (TPSA) is 52.6 Å². The number of rotatable bonds is 13. The molecular weight excluding hydrogens is 355 g/mol. The van der Waals surface area contributed by atoms with Gasteiger partial charge in [-0.3, -0.25) is 4.79 Å². The van der Waals surface area contributed by atoms with Crippen molar-refractivity contribution in [2.75, 3.05) is 13.2 Å². The minimum absolute atomic E-state index is 0.186. The normalized spacial score (nSPS) is 13.5. The lowest BCUT2D eigenvalue weighted by Gasteiger charge is -2.14. The number of halogens is 2. The zero-order chi connectivity index (χ0) is 16.8. The van der Waals surface area contributed by atoms with Crippen molar-refractivity contribution in [3.8, 4) is 0 Å². The van der Waals surface area contributed by atoms with Crippen molar-refractivity contribution >= 4 is 27.9 Å². The SMILES string of the molecule is CCCCCCOC(=O)[C@@H](F)[C@H](Br)C(=O)OCCCCCC. The summed E-state index contributed by atoms with van der Waals surface area (Å²) in [4.78, 5) is 21.8. The molecule has 0 spiro atoms. The Labute approximate surface area is 141 Å². The summed E-state index contributed by atoms with van der Waals surface area (Å²) in [5.41, 5.74) is 0. The number of hydrogen-bond donors (Lipinski definition) is 0. The fraction of sp³-hybridized carbons (Fsp3) is 0.875. The number of ether oxygens (including phenoxy) is 2. The van der Waals surface area contributed by atoms with Crippen LogP contribution in [0.5, 0.6) is 0 Å². The Balaban J connectivity index is 3.88. The highest BCUT2D eigenvalue weighted by molar-refractivity contribution is 9.10. The molecule has 0 amide bonds. The molecule has 0 heterocycles. The van der Waals surface area contributed by atoms with Crippen LogP contribution in [0.1, 0.15) is 65.2 Å². The molecular formula is C16H28BrFO4. The third-order valence-corrected chi connectivity index (χ3v) is 4.03. The van der Waals surface area contributed by atoms with Gasteiger partial charge in [-0.2, -0.15) is 0 Å². The van der Waals surface area contributed by atoms with Crippen molar-refractivity contribution in [1.29, 1.82) is 0 Å².